The van der Waals surface area contributed by atoms with E-state index in [1.165, 1.54) is 7.11 Å². The molecule has 0 aliphatic heterocycles. The van der Waals surface area contributed by atoms with Crippen molar-refractivity contribution in [2.24, 2.45) is 0 Å². The van der Waals surface area contributed by atoms with E-state index in [1.807, 2.05) is 6.07 Å². The maximum absolute atomic E-state index is 12.2. The average molecular weight is 397 g/mol. The Hall–Kier alpha value is -3.35. The molecule has 0 aliphatic rings. The van der Waals surface area contributed by atoms with E-state index in [0.29, 0.717) is 28.9 Å². The summed E-state index contributed by atoms with van der Waals surface area (Å²) in [7, 11) is 1.32. The minimum absolute atomic E-state index is 0.393. The lowest BCUT2D eigenvalue weighted by molar-refractivity contribution is 0.0502. The van der Waals surface area contributed by atoms with Gasteiger partial charge in [0.25, 0.3) is 0 Å². The summed E-state index contributed by atoms with van der Waals surface area (Å²) in [5.41, 5.74) is 8.47. The molecule has 0 spiro atoms. The number of alkyl carbamates (subject to hydrolysis) is 1. The Labute approximate surface area is 170 Å². The lowest BCUT2D eigenvalue weighted by atomic mass is 9.99. The van der Waals surface area contributed by atoms with Gasteiger partial charge < -0.3 is 20.5 Å². The number of esters is 1. The second kappa shape index (κ2) is 9.23. The second-order valence-electron chi connectivity index (χ2n) is 7.49. The molecule has 1 aromatic heterocycles. The van der Waals surface area contributed by atoms with Gasteiger partial charge in [0, 0.05) is 17.4 Å². The number of pyridine rings is 1. The molecule has 7 heteroatoms. The average Bonchev–Trinajstić information content (AvgIpc) is 2.66. The molecule has 1 amide bonds. The lowest BCUT2D eigenvalue weighted by Gasteiger charge is -2.23. The monoisotopic (exact) mass is 397 g/mol. The van der Waals surface area contributed by atoms with Crippen LogP contribution in [0, 0.1) is 0 Å². The Morgan fingerprint density at radius 1 is 1.28 bits per heavy atom. The number of nitrogens with one attached hydrogen (secondary N) is 1. The highest BCUT2D eigenvalue weighted by Crippen LogP contribution is 2.29. The molecular weight excluding hydrogens is 370 g/mol. The summed E-state index contributed by atoms with van der Waals surface area (Å²) in [5.74, 6) is -0.448. The summed E-state index contributed by atoms with van der Waals surface area (Å²) in [4.78, 5) is 28.5. The van der Waals surface area contributed by atoms with Crippen molar-refractivity contribution < 1.29 is 19.1 Å². The molecule has 0 aliphatic carbocycles. The highest BCUT2D eigenvalue weighted by molar-refractivity contribution is 5.93. The Kier molecular flexibility index (Phi) is 6.98. The van der Waals surface area contributed by atoms with Gasteiger partial charge in [0.15, 0.2) is 0 Å². The van der Waals surface area contributed by atoms with E-state index in [2.05, 4.69) is 16.9 Å². The van der Waals surface area contributed by atoms with Crippen molar-refractivity contribution >= 4 is 17.7 Å². The second-order valence-corrected chi connectivity index (χ2v) is 7.49. The van der Waals surface area contributed by atoms with Crippen LogP contribution in [-0.2, 0) is 9.47 Å². The van der Waals surface area contributed by atoms with Crippen molar-refractivity contribution in [3.05, 3.63) is 60.4 Å². The summed E-state index contributed by atoms with van der Waals surface area (Å²) in [6.07, 6.45) is 3.25. The van der Waals surface area contributed by atoms with Gasteiger partial charge in [-0.15, -0.1) is 6.58 Å². The highest BCUT2D eigenvalue weighted by atomic mass is 16.6. The Morgan fingerprint density at radius 2 is 2.00 bits per heavy atom. The SMILES string of the molecule is C=CC[C@H](NC(=O)OC(C)(C)C)c1cc(-c2cc(C(=O)OC)ccc2N)ccn1. The Morgan fingerprint density at radius 3 is 2.62 bits per heavy atom. The molecular formula is C22H27N3O4. The van der Waals surface area contributed by atoms with Crippen LogP contribution in [0.1, 0.15) is 49.3 Å². The number of methoxy groups -OCH3 is 1. The number of hydrogen-bond donors (Lipinski definition) is 2. The lowest BCUT2D eigenvalue weighted by Crippen LogP contribution is -2.35. The number of carbonyl (C=O) groups excluding carboxylic acids is 2. The van der Waals surface area contributed by atoms with Crippen LogP contribution in [0.3, 0.4) is 0 Å². The maximum Gasteiger partial charge on any atom is 0.408 e. The molecule has 1 atom stereocenters. The van der Waals surface area contributed by atoms with Crippen LogP contribution in [0.2, 0.25) is 0 Å². The van der Waals surface area contributed by atoms with Gasteiger partial charge in [-0.3, -0.25) is 4.98 Å². The van der Waals surface area contributed by atoms with Gasteiger partial charge in [-0.05, 0) is 63.1 Å². The van der Waals surface area contributed by atoms with Crippen LogP contribution in [0.5, 0.6) is 0 Å². The summed E-state index contributed by atoms with van der Waals surface area (Å²) in [5, 5.41) is 2.82. The quantitative estimate of drug-likeness (QED) is 0.429. The molecule has 29 heavy (non-hydrogen) atoms. The Bertz CT molecular complexity index is 903. The van der Waals surface area contributed by atoms with Gasteiger partial charge in [-0.25, -0.2) is 9.59 Å². The molecule has 0 bridgehead atoms. The molecule has 154 valence electrons. The number of benzene rings is 1. The van der Waals surface area contributed by atoms with Gasteiger partial charge in [-0.1, -0.05) is 6.08 Å². The molecule has 1 aromatic carbocycles. The zero-order valence-electron chi connectivity index (χ0n) is 17.2. The van der Waals surface area contributed by atoms with E-state index in [-0.39, 0.29) is 0 Å². The van der Waals surface area contributed by atoms with Gasteiger partial charge in [0.1, 0.15) is 5.60 Å². The maximum atomic E-state index is 12.2. The third-order valence-corrected chi connectivity index (χ3v) is 4.02. The van der Waals surface area contributed by atoms with Crippen molar-refractivity contribution in [3.63, 3.8) is 0 Å². The van der Waals surface area contributed by atoms with Crippen LogP contribution in [-0.4, -0.2) is 29.8 Å². The molecule has 0 saturated carbocycles. The summed E-state index contributed by atoms with van der Waals surface area (Å²) in [6, 6.07) is 8.11. The molecule has 0 unspecified atom stereocenters. The topological polar surface area (TPSA) is 104 Å². The van der Waals surface area contributed by atoms with E-state index >= 15 is 0 Å². The normalized spacial score (nSPS) is 12.0. The molecule has 7 nitrogen and oxygen atoms in total. The number of aromatic nitrogens is 1. The number of nitrogens with zero attached hydrogens (tertiary/aromatic N) is 1. The standard InChI is InChI=1S/C22H27N3O4/c1-6-7-18(25-21(27)29-22(2,3)4)19-13-14(10-11-24-19)16-12-15(20(26)28-5)8-9-17(16)23/h6,8-13,18H,1,7,23H2,2-5H3,(H,25,27)/t18-/m0/s1. The summed E-state index contributed by atoms with van der Waals surface area (Å²) >= 11 is 0. The third kappa shape index (κ3) is 6.07. The van der Waals surface area contributed by atoms with E-state index in [9.17, 15) is 9.59 Å². The largest absolute Gasteiger partial charge is 0.465 e. The first-order chi connectivity index (χ1) is 13.6. The third-order valence-electron chi connectivity index (χ3n) is 4.02. The smallest absolute Gasteiger partial charge is 0.408 e. The van der Waals surface area contributed by atoms with Crippen LogP contribution in [0.15, 0.2) is 49.2 Å². The number of ether oxygens (including phenoxy) is 2. The molecule has 2 rings (SSSR count). The van der Waals surface area contributed by atoms with Gasteiger partial charge in [0.05, 0.1) is 24.4 Å². The number of nitrogens with two attached hydrogens (primary N) is 1. The fraction of sp³-hybridized carbons (Fsp3) is 0.318. The first-order valence-electron chi connectivity index (χ1n) is 9.19. The first-order valence-corrected chi connectivity index (χ1v) is 9.19. The van der Waals surface area contributed by atoms with Gasteiger partial charge in [-0.2, -0.15) is 0 Å². The number of carbonyl (C=O) groups is 2. The molecule has 3 N–H and O–H groups in total. The molecule has 0 saturated heterocycles. The zero-order valence-corrected chi connectivity index (χ0v) is 17.2. The fourth-order valence-corrected chi connectivity index (χ4v) is 2.73. The van der Waals surface area contributed by atoms with Crippen LogP contribution in [0.4, 0.5) is 10.5 Å². The first kappa shape index (κ1) is 21.9. The zero-order chi connectivity index (χ0) is 21.6. The number of anilines is 1. The van der Waals surface area contributed by atoms with Crippen molar-refractivity contribution in [1.82, 2.24) is 10.3 Å². The van der Waals surface area contributed by atoms with E-state index < -0.39 is 23.7 Å². The van der Waals surface area contributed by atoms with E-state index in [1.54, 1.807) is 57.3 Å². The van der Waals surface area contributed by atoms with Crippen LogP contribution in [0.25, 0.3) is 11.1 Å². The molecule has 1 heterocycles. The van der Waals surface area contributed by atoms with E-state index in [4.69, 9.17) is 15.2 Å². The fourth-order valence-electron chi connectivity index (χ4n) is 2.73. The van der Waals surface area contributed by atoms with Crippen molar-refractivity contribution in [2.75, 3.05) is 12.8 Å². The van der Waals surface area contributed by atoms with Gasteiger partial charge in [0.2, 0.25) is 0 Å². The number of nitrogen functional groups attached to an aromatic ring is 1. The minimum atomic E-state index is -0.610. The number of hydrogen-bond acceptors (Lipinski definition) is 6. The predicted octanol–water partition coefficient (Wildman–Crippen LogP) is 4.26. The van der Waals surface area contributed by atoms with Gasteiger partial charge >= 0.3 is 12.1 Å². The number of rotatable bonds is 6. The summed E-state index contributed by atoms with van der Waals surface area (Å²) < 4.78 is 10.1. The number of amides is 1. The summed E-state index contributed by atoms with van der Waals surface area (Å²) in [6.45, 7) is 9.14. The molecule has 2 aromatic rings. The van der Waals surface area contributed by atoms with Crippen molar-refractivity contribution in [3.8, 4) is 11.1 Å². The molecule has 0 radical (unpaired) electrons. The van der Waals surface area contributed by atoms with Crippen molar-refractivity contribution in [2.45, 2.75) is 38.8 Å². The van der Waals surface area contributed by atoms with Crippen LogP contribution < -0.4 is 11.1 Å². The minimum Gasteiger partial charge on any atom is -0.465 e. The molecule has 0 fully saturated rings. The highest BCUT2D eigenvalue weighted by Gasteiger charge is 2.21. The Balaban J connectivity index is 2.37. The van der Waals surface area contributed by atoms with E-state index in [0.717, 1.165) is 5.56 Å². The van der Waals surface area contributed by atoms with Crippen LogP contribution >= 0.6 is 0 Å². The predicted molar refractivity (Wildman–Crippen MR) is 112 cm³/mol. The van der Waals surface area contributed by atoms with Crippen molar-refractivity contribution in [1.29, 1.82) is 0 Å².